The molecular weight excluding hydrogens is 559 g/mol. The summed E-state index contributed by atoms with van der Waals surface area (Å²) in [6.07, 6.45) is 0. The van der Waals surface area contributed by atoms with Crippen LogP contribution in [0.4, 0.5) is 17.1 Å². The molecule has 0 aliphatic heterocycles. The Morgan fingerprint density at radius 2 is 1.07 bits per heavy atom. The smallest absolute Gasteiger partial charge is 0.0468 e. The van der Waals surface area contributed by atoms with E-state index in [-0.39, 0.29) is 0 Å². The maximum atomic E-state index is 2.36. The molecule has 202 valence electrons. The molecule has 0 amide bonds. The largest absolute Gasteiger partial charge is 0.310 e. The van der Waals surface area contributed by atoms with Crippen molar-refractivity contribution in [1.29, 1.82) is 0 Å². The van der Waals surface area contributed by atoms with Crippen molar-refractivity contribution in [1.82, 2.24) is 0 Å². The summed E-state index contributed by atoms with van der Waals surface area (Å²) in [6.45, 7) is 0. The normalized spacial score (nSPS) is 11.7. The Morgan fingerprint density at radius 3 is 1.91 bits per heavy atom. The number of benzene rings is 7. The molecule has 0 fully saturated rings. The number of rotatable bonds is 4. The van der Waals surface area contributed by atoms with Crippen LogP contribution in [0.3, 0.4) is 0 Å². The number of para-hydroxylation sites is 1. The number of anilines is 3. The van der Waals surface area contributed by atoms with Crippen LogP contribution in [-0.2, 0) is 0 Å². The third-order valence-electron chi connectivity index (χ3n) is 8.45. The summed E-state index contributed by atoms with van der Waals surface area (Å²) in [5.74, 6) is 0. The molecule has 1 nitrogen and oxygen atoms in total. The average Bonchev–Trinajstić information content (AvgIpc) is 3.64. The highest BCUT2D eigenvalue weighted by Gasteiger charge is 2.16. The lowest BCUT2D eigenvalue weighted by Gasteiger charge is -2.26. The molecule has 0 radical (unpaired) electrons. The Balaban J connectivity index is 1.17. The van der Waals surface area contributed by atoms with Crippen LogP contribution in [0.15, 0.2) is 152 Å². The minimum absolute atomic E-state index is 1.14. The molecule has 3 heteroatoms. The molecule has 2 aromatic heterocycles. The standard InChI is InChI=1S/C40H25NS2/c1-2-9-28(10-3-1)41(30-22-23-31-27(25-30)19-24-38-39(31)35-12-5-7-16-37(35)42-38)29-20-17-26(18-21-29)32-13-8-14-34-33-11-4-6-15-36(33)43-40(32)34/h1-25H. The lowest BCUT2D eigenvalue weighted by Crippen LogP contribution is -2.09. The summed E-state index contributed by atoms with van der Waals surface area (Å²) in [4.78, 5) is 2.36. The Hall–Kier alpha value is -4.96. The fourth-order valence-corrected chi connectivity index (χ4v) is 8.83. The van der Waals surface area contributed by atoms with Crippen LogP contribution >= 0.6 is 22.7 Å². The van der Waals surface area contributed by atoms with Crippen LogP contribution in [0.2, 0.25) is 0 Å². The summed E-state index contributed by atoms with van der Waals surface area (Å²) in [5.41, 5.74) is 5.95. The number of hydrogen-bond donors (Lipinski definition) is 0. The molecule has 0 saturated heterocycles. The second-order valence-corrected chi connectivity index (χ2v) is 13.1. The van der Waals surface area contributed by atoms with E-state index in [1.807, 2.05) is 22.7 Å². The third kappa shape index (κ3) is 3.97. The van der Waals surface area contributed by atoms with Gasteiger partial charge in [0.1, 0.15) is 0 Å². The van der Waals surface area contributed by atoms with Gasteiger partial charge in [-0.15, -0.1) is 22.7 Å². The summed E-state index contributed by atoms with van der Waals surface area (Å²) < 4.78 is 5.36. The van der Waals surface area contributed by atoms with Gasteiger partial charge >= 0.3 is 0 Å². The van der Waals surface area contributed by atoms with Gasteiger partial charge in [0.2, 0.25) is 0 Å². The Morgan fingerprint density at radius 1 is 0.395 bits per heavy atom. The first-order valence-corrected chi connectivity index (χ1v) is 16.1. The fraction of sp³-hybridized carbons (Fsp3) is 0. The molecule has 7 aromatic carbocycles. The van der Waals surface area contributed by atoms with Crippen molar-refractivity contribution in [2.45, 2.75) is 0 Å². The van der Waals surface area contributed by atoms with E-state index in [4.69, 9.17) is 0 Å². The molecule has 0 bridgehead atoms. The van der Waals surface area contributed by atoms with Gasteiger partial charge in [-0.05, 0) is 76.5 Å². The lowest BCUT2D eigenvalue weighted by molar-refractivity contribution is 1.29. The van der Waals surface area contributed by atoms with Crippen LogP contribution in [-0.4, -0.2) is 0 Å². The first kappa shape index (κ1) is 24.6. The van der Waals surface area contributed by atoms with Gasteiger partial charge in [0.05, 0.1) is 0 Å². The molecule has 0 aliphatic carbocycles. The highest BCUT2D eigenvalue weighted by atomic mass is 32.1. The first-order chi connectivity index (χ1) is 21.3. The molecule has 2 heterocycles. The molecule has 0 N–H and O–H groups in total. The summed E-state index contributed by atoms with van der Waals surface area (Å²) in [5, 5.41) is 7.92. The van der Waals surface area contributed by atoms with Crippen LogP contribution in [0.25, 0.3) is 62.2 Å². The van der Waals surface area contributed by atoms with Crippen LogP contribution in [0.1, 0.15) is 0 Å². The Bertz CT molecular complexity index is 2450. The quantitative estimate of drug-likeness (QED) is 0.199. The Kier molecular flexibility index (Phi) is 5.62. The maximum Gasteiger partial charge on any atom is 0.0468 e. The predicted molar refractivity (Wildman–Crippen MR) is 190 cm³/mol. The van der Waals surface area contributed by atoms with Crippen molar-refractivity contribution in [3.05, 3.63) is 152 Å². The van der Waals surface area contributed by atoms with Crippen LogP contribution in [0, 0.1) is 0 Å². The number of fused-ring (bicyclic) bond motifs is 8. The van der Waals surface area contributed by atoms with Gasteiger partial charge < -0.3 is 4.90 Å². The summed E-state index contributed by atoms with van der Waals surface area (Å²) >= 11 is 3.75. The van der Waals surface area contributed by atoms with Gasteiger partial charge in [0.25, 0.3) is 0 Å². The summed E-state index contributed by atoms with van der Waals surface area (Å²) in [7, 11) is 0. The second kappa shape index (κ2) is 9.81. The van der Waals surface area contributed by atoms with Gasteiger partial charge in [-0.3, -0.25) is 0 Å². The van der Waals surface area contributed by atoms with Crippen molar-refractivity contribution < 1.29 is 0 Å². The van der Waals surface area contributed by atoms with Gasteiger partial charge in [-0.25, -0.2) is 0 Å². The van der Waals surface area contributed by atoms with Crippen molar-refractivity contribution in [3.8, 4) is 11.1 Å². The van der Waals surface area contributed by atoms with Crippen molar-refractivity contribution >= 4 is 90.9 Å². The molecule has 0 unspecified atom stereocenters. The first-order valence-electron chi connectivity index (χ1n) is 14.5. The molecule has 0 aliphatic rings. The SMILES string of the molecule is c1ccc(N(c2ccc(-c3cccc4c3sc3ccccc34)cc2)c2ccc3c(ccc4sc5ccccc5c43)c2)cc1. The molecule has 9 aromatic rings. The highest BCUT2D eigenvalue weighted by molar-refractivity contribution is 7.26. The molecule has 0 spiro atoms. The summed E-state index contributed by atoms with van der Waals surface area (Å²) in [6, 6.07) is 55.3. The van der Waals surface area contributed by atoms with Crippen molar-refractivity contribution in [2.24, 2.45) is 0 Å². The Labute approximate surface area is 257 Å². The highest BCUT2D eigenvalue weighted by Crippen LogP contribution is 2.43. The number of thiophene rings is 2. The van der Waals surface area contributed by atoms with Gasteiger partial charge in [0, 0.05) is 57.4 Å². The van der Waals surface area contributed by atoms with E-state index in [0.29, 0.717) is 0 Å². The zero-order valence-corrected chi connectivity index (χ0v) is 24.8. The van der Waals surface area contributed by atoms with Crippen LogP contribution in [0.5, 0.6) is 0 Å². The van der Waals surface area contributed by atoms with Gasteiger partial charge in [-0.2, -0.15) is 0 Å². The van der Waals surface area contributed by atoms with Crippen molar-refractivity contribution in [2.75, 3.05) is 4.90 Å². The fourth-order valence-electron chi connectivity index (χ4n) is 6.47. The van der Waals surface area contributed by atoms with E-state index in [1.165, 1.54) is 62.2 Å². The molecule has 9 rings (SSSR count). The van der Waals surface area contributed by atoms with Gasteiger partial charge in [0.15, 0.2) is 0 Å². The zero-order valence-electron chi connectivity index (χ0n) is 23.2. The topological polar surface area (TPSA) is 3.24 Å². The van der Waals surface area contributed by atoms with E-state index < -0.39 is 0 Å². The molecule has 43 heavy (non-hydrogen) atoms. The average molecular weight is 584 g/mol. The van der Waals surface area contributed by atoms with E-state index in [9.17, 15) is 0 Å². The zero-order chi connectivity index (χ0) is 28.3. The second-order valence-electron chi connectivity index (χ2n) is 10.9. The monoisotopic (exact) mass is 583 g/mol. The molecular formula is C40H25NS2. The maximum absolute atomic E-state index is 2.36. The van der Waals surface area contributed by atoms with Crippen molar-refractivity contribution in [3.63, 3.8) is 0 Å². The lowest BCUT2D eigenvalue weighted by atomic mass is 10.0. The minimum atomic E-state index is 1.14. The predicted octanol–water partition coefficient (Wildman–Crippen LogP) is 12.7. The number of hydrogen-bond acceptors (Lipinski definition) is 3. The molecule has 0 saturated carbocycles. The number of nitrogens with zero attached hydrogens (tertiary/aromatic N) is 1. The van der Waals surface area contributed by atoms with E-state index in [1.54, 1.807) is 0 Å². The third-order valence-corrected chi connectivity index (χ3v) is 10.8. The van der Waals surface area contributed by atoms with Gasteiger partial charge in [-0.1, -0.05) is 97.1 Å². The minimum Gasteiger partial charge on any atom is -0.310 e. The van der Waals surface area contributed by atoms with E-state index >= 15 is 0 Å². The van der Waals surface area contributed by atoms with E-state index in [2.05, 4.69) is 157 Å². The molecule has 0 atom stereocenters. The van der Waals surface area contributed by atoms with Crippen LogP contribution < -0.4 is 4.90 Å². The van der Waals surface area contributed by atoms with E-state index in [0.717, 1.165) is 17.1 Å².